The van der Waals surface area contributed by atoms with Crippen molar-refractivity contribution in [2.75, 3.05) is 48.8 Å². The molecule has 2 saturated heterocycles. The van der Waals surface area contributed by atoms with Crippen molar-refractivity contribution in [2.24, 2.45) is 13.0 Å². The number of likely N-dealkylation sites (tertiary alicyclic amines) is 1. The molecule has 1 amide bonds. The first-order valence-electron chi connectivity index (χ1n) is 14.6. The van der Waals surface area contributed by atoms with E-state index in [-0.39, 0.29) is 17.7 Å². The van der Waals surface area contributed by atoms with Gasteiger partial charge in [0.2, 0.25) is 0 Å². The zero-order valence-electron chi connectivity index (χ0n) is 24.3. The fourth-order valence-electron chi connectivity index (χ4n) is 6.41. The summed E-state index contributed by atoms with van der Waals surface area (Å²) >= 11 is 4.29. The quantitative estimate of drug-likeness (QED) is 0.344. The number of hydrogen-bond acceptors (Lipinski definition) is 8. The van der Waals surface area contributed by atoms with Gasteiger partial charge in [0.1, 0.15) is 23.8 Å². The van der Waals surface area contributed by atoms with Gasteiger partial charge in [-0.3, -0.25) is 14.6 Å². The Morgan fingerprint density at radius 3 is 2.67 bits per heavy atom. The summed E-state index contributed by atoms with van der Waals surface area (Å²) in [6.45, 7) is 5.38. The van der Waals surface area contributed by atoms with Gasteiger partial charge >= 0.3 is 6.18 Å². The molecule has 0 spiro atoms. The Labute approximate surface area is 254 Å². The Morgan fingerprint density at radius 2 is 2.02 bits per heavy atom. The van der Waals surface area contributed by atoms with Crippen molar-refractivity contribution in [2.45, 2.75) is 50.9 Å². The molecule has 0 saturated carbocycles. The lowest BCUT2D eigenvalue weighted by atomic mass is 9.75. The van der Waals surface area contributed by atoms with Gasteiger partial charge in [-0.15, -0.1) is 10.2 Å². The fraction of sp³-hybridized carbons (Fsp3) is 0.533. The molecule has 230 valence electrons. The molecule has 9 nitrogen and oxygen atoms in total. The zero-order chi connectivity index (χ0) is 30.4. The van der Waals surface area contributed by atoms with Crippen LogP contribution in [0.4, 0.5) is 24.8 Å². The molecule has 0 radical (unpaired) electrons. The second-order valence-electron chi connectivity index (χ2n) is 12.1. The minimum atomic E-state index is -4.59. The number of benzene rings is 1. The number of thiol groups is 1. The summed E-state index contributed by atoms with van der Waals surface area (Å²) in [5.74, 6) is 2.16. The number of nitrogens with one attached hydrogen (secondary N) is 1. The highest BCUT2D eigenvalue weighted by Crippen LogP contribution is 2.42. The maximum absolute atomic E-state index is 14.4. The van der Waals surface area contributed by atoms with Crippen molar-refractivity contribution < 1.29 is 22.7 Å². The van der Waals surface area contributed by atoms with E-state index >= 15 is 0 Å². The number of fused-ring (bicyclic) bond motifs is 1. The number of ether oxygens (including phenoxy) is 1. The summed E-state index contributed by atoms with van der Waals surface area (Å²) in [5.41, 5.74) is 0.257. The van der Waals surface area contributed by atoms with Crippen molar-refractivity contribution in [3.63, 3.8) is 0 Å². The van der Waals surface area contributed by atoms with Crippen LogP contribution in [0.25, 0.3) is 0 Å². The standard InChI is InChI=1S/C30H36F3N7O2S/c1-19-4-3-6-39(13-19)14-20-8-22-23(24(9-20)30(31,32)33)15-40(28(22)41)26-11-21(10-25(36-26)34-5-7-43)29(16-42-17-29)12-27-37-35-18-38(27)2/h8-11,18-19,43H,3-7,12-17H2,1-2H3,(H,34,36)/t19-/m0/s1. The van der Waals surface area contributed by atoms with E-state index in [0.717, 1.165) is 37.3 Å². The SMILES string of the molecule is C[C@H]1CCCN(Cc2cc3c(c(C(F)(F)F)c2)CN(c2cc(C4(Cc5nncn5C)COC4)cc(NCCS)n2)C3=O)C1. The molecule has 1 N–H and O–H groups in total. The van der Waals surface area contributed by atoms with Crippen molar-refractivity contribution in [3.8, 4) is 0 Å². The number of pyridine rings is 1. The second-order valence-corrected chi connectivity index (χ2v) is 12.5. The van der Waals surface area contributed by atoms with Crippen LogP contribution >= 0.6 is 12.6 Å². The maximum atomic E-state index is 14.4. The molecule has 5 heterocycles. The molecule has 43 heavy (non-hydrogen) atoms. The van der Waals surface area contributed by atoms with E-state index < -0.39 is 23.1 Å². The number of carbonyl (C=O) groups excluding carboxylic acids is 1. The molecule has 2 aromatic heterocycles. The summed E-state index contributed by atoms with van der Waals surface area (Å²) in [5, 5.41) is 11.5. The van der Waals surface area contributed by atoms with Crippen LogP contribution in [0.1, 0.15) is 58.2 Å². The summed E-state index contributed by atoms with van der Waals surface area (Å²) in [6.07, 6.45) is -0.281. The van der Waals surface area contributed by atoms with Crippen molar-refractivity contribution in [1.82, 2.24) is 24.6 Å². The third kappa shape index (κ3) is 5.99. The topological polar surface area (TPSA) is 88.4 Å². The second kappa shape index (κ2) is 11.7. The van der Waals surface area contributed by atoms with Crippen LogP contribution < -0.4 is 10.2 Å². The molecule has 3 aromatic rings. The lowest BCUT2D eigenvalue weighted by molar-refractivity contribution is -0.138. The Balaban J connectivity index is 1.36. The van der Waals surface area contributed by atoms with Crippen molar-refractivity contribution in [1.29, 1.82) is 0 Å². The monoisotopic (exact) mass is 615 g/mol. The number of nitrogens with zero attached hydrogens (tertiary/aromatic N) is 6. The minimum Gasteiger partial charge on any atom is -0.379 e. The van der Waals surface area contributed by atoms with Crippen LogP contribution in [0.15, 0.2) is 30.6 Å². The van der Waals surface area contributed by atoms with Crippen LogP contribution in [0.3, 0.4) is 0 Å². The van der Waals surface area contributed by atoms with Gasteiger partial charge in [0, 0.05) is 49.8 Å². The first-order chi connectivity index (χ1) is 20.6. The summed E-state index contributed by atoms with van der Waals surface area (Å²) in [7, 11) is 1.87. The molecule has 1 aromatic carbocycles. The molecule has 13 heteroatoms. The highest BCUT2D eigenvalue weighted by molar-refractivity contribution is 7.80. The average molecular weight is 616 g/mol. The molecule has 1 atom stereocenters. The van der Waals surface area contributed by atoms with Crippen LogP contribution in [-0.2, 0) is 42.9 Å². The van der Waals surface area contributed by atoms with Crippen LogP contribution in [-0.4, -0.2) is 69.2 Å². The summed E-state index contributed by atoms with van der Waals surface area (Å²) in [4.78, 5) is 22.1. The summed E-state index contributed by atoms with van der Waals surface area (Å²) < 4.78 is 50.7. The highest BCUT2D eigenvalue weighted by atomic mass is 32.1. The molecule has 0 unspecified atom stereocenters. The molecular formula is C30H36F3N7O2S. The fourth-order valence-corrected chi connectivity index (χ4v) is 6.52. The third-order valence-corrected chi connectivity index (χ3v) is 8.95. The number of hydrogen-bond donors (Lipinski definition) is 2. The first kappa shape index (κ1) is 29.9. The predicted octanol–water partition coefficient (Wildman–Crippen LogP) is 4.47. The zero-order valence-corrected chi connectivity index (χ0v) is 25.2. The van der Waals surface area contributed by atoms with Crippen molar-refractivity contribution in [3.05, 3.63) is 64.2 Å². The highest BCUT2D eigenvalue weighted by Gasteiger charge is 2.44. The molecule has 3 aliphatic heterocycles. The number of halogens is 3. The Kier molecular flexibility index (Phi) is 8.16. The van der Waals surface area contributed by atoms with Crippen LogP contribution in [0.2, 0.25) is 0 Å². The molecule has 0 aliphatic carbocycles. The largest absolute Gasteiger partial charge is 0.416 e. The van der Waals surface area contributed by atoms with E-state index in [2.05, 4.69) is 45.0 Å². The number of aromatic nitrogens is 4. The van der Waals surface area contributed by atoms with Gasteiger partial charge in [-0.05, 0) is 66.3 Å². The van der Waals surface area contributed by atoms with E-state index in [1.165, 1.54) is 11.0 Å². The van der Waals surface area contributed by atoms with E-state index in [1.807, 2.05) is 17.7 Å². The van der Waals surface area contributed by atoms with E-state index in [1.54, 1.807) is 18.5 Å². The van der Waals surface area contributed by atoms with Crippen molar-refractivity contribution >= 4 is 30.2 Å². The average Bonchev–Trinajstić information content (AvgIpc) is 3.50. The Bertz CT molecular complexity index is 1510. The van der Waals surface area contributed by atoms with Gasteiger partial charge < -0.3 is 14.6 Å². The number of aryl methyl sites for hydroxylation is 1. The van der Waals surface area contributed by atoms with Gasteiger partial charge in [0.05, 0.1) is 25.3 Å². The number of anilines is 2. The Hall–Kier alpha value is -3.16. The van der Waals surface area contributed by atoms with Crippen LogP contribution in [0.5, 0.6) is 0 Å². The molecule has 2 fully saturated rings. The number of piperidine rings is 1. The number of alkyl halides is 3. The molecule has 0 bridgehead atoms. The predicted molar refractivity (Wildman–Crippen MR) is 159 cm³/mol. The van der Waals surface area contributed by atoms with Crippen LogP contribution in [0, 0.1) is 5.92 Å². The van der Waals surface area contributed by atoms with E-state index in [9.17, 15) is 18.0 Å². The number of carbonyl (C=O) groups is 1. The van der Waals surface area contributed by atoms with Gasteiger partial charge in [-0.2, -0.15) is 25.8 Å². The smallest absolute Gasteiger partial charge is 0.379 e. The number of amides is 1. The summed E-state index contributed by atoms with van der Waals surface area (Å²) in [6, 6.07) is 6.58. The van der Waals surface area contributed by atoms with Gasteiger partial charge in [0.15, 0.2) is 0 Å². The maximum Gasteiger partial charge on any atom is 0.416 e. The van der Waals surface area contributed by atoms with Gasteiger partial charge in [0.25, 0.3) is 5.91 Å². The molecule has 3 aliphatic rings. The Morgan fingerprint density at radius 1 is 1.21 bits per heavy atom. The minimum absolute atomic E-state index is 0.00823. The van der Waals surface area contributed by atoms with E-state index in [0.29, 0.717) is 61.6 Å². The third-order valence-electron chi connectivity index (χ3n) is 8.73. The lowest BCUT2D eigenvalue weighted by Crippen LogP contribution is -2.49. The lowest BCUT2D eigenvalue weighted by Gasteiger charge is -2.42. The van der Waals surface area contributed by atoms with E-state index in [4.69, 9.17) is 4.74 Å². The van der Waals surface area contributed by atoms with Gasteiger partial charge in [-0.1, -0.05) is 6.92 Å². The first-order valence-corrected chi connectivity index (χ1v) is 15.2. The normalized spacial score (nSPS) is 20.3. The number of rotatable bonds is 9. The molecular weight excluding hydrogens is 579 g/mol. The van der Waals surface area contributed by atoms with Gasteiger partial charge in [-0.25, -0.2) is 4.98 Å². The molecule has 6 rings (SSSR count).